The molecular weight excluding hydrogens is 241 g/mol. The predicted octanol–water partition coefficient (Wildman–Crippen LogP) is 2.77. The Hall–Kier alpha value is -1.68. The van der Waals surface area contributed by atoms with E-state index in [2.05, 4.69) is 21.5 Å². The lowest BCUT2D eigenvalue weighted by molar-refractivity contribution is 0.310. The van der Waals surface area contributed by atoms with Gasteiger partial charge in [0.25, 0.3) is 0 Å². The third-order valence-electron chi connectivity index (χ3n) is 3.32. The summed E-state index contributed by atoms with van der Waals surface area (Å²) in [6, 6.07) is 5.30. The first-order valence-electron chi connectivity index (χ1n) is 6.47. The molecule has 1 heterocycles. The van der Waals surface area contributed by atoms with Crippen molar-refractivity contribution in [2.45, 2.75) is 26.9 Å². The Bertz CT molecular complexity index is 548. The lowest BCUT2D eigenvalue weighted by Crippen LogP contribution is -2.23. The van der Waals surface area contributed by atoms with Crippen molar-refractivity contribution in [2.75, 3.05) is 13.6 Å². The fourth-order valence-corrected chi connectivity index (χ4v) is 2.11. The van der Waals surface area contributed by atoms with Crippen LogP contribution in [0.1, 0.15) is 17.0 Å². The van der Waals surface area contributed by atoms with E-state index in [9.17, 15) is 4.39 Å². The van der Waals surface area contributed by atoms with Crippen LogP contribution in [0, 0.1) is 19.7 Å². The van der Waals surface area contributed by atoms with Gasteiger partial charge in [0.15, 0.2) is 0 Å². The molecule has 0 fully saturated rings. The number of aromatic nitrogens is 2. The van der Waals surface area contributed by atoms with E-state index in [4.69, 9.17) is 0 Å². The Morgan fingerprint density at radius 1 is 1.32 bits per heavy atom. The highest BCUT2D eigenvalue weighted by atomic mass is 19.1. The van der Waals surface area contributed by atoms with Crippen molar-refractivity contribution >= 4 is 0 Å². The van der Waals surface area contributed by atoms with Gasteiger partial charge in [-0.1, -0.05) is 12.1 Å². The van der Waals surface area contributed by atoms with Crippen LogP contribution in [0.4, 0.5) is 4.39 Å². The highest BCUT2D eigenvalue weighted by molar-refractivity contribution is 5.23. The number of hydrogen-bond acceptors (Lipinski definition) is 2. The number of halogens is 1. The van der Waals surface area contributed by atoms with Gasteiger partial charge in [0.05, 0.1) is 0 Å². The van der Waals surface area contributed by atoms with Crippen LogP contribution >= 0.6 is 0 Å². The summed E-state index contributed by atoms with van der Waals surface area (Å²) < 4.78 is 15.3. The SMILES string of the molecule is Cc1cc(CN(C)CCn2ccnc2C)ccc1F. The normalized spacial score (nSPS) is 11.2. The van der Waals surface area contributed by atoms with E-state index >= 15 is 0 Å². The molecule has 102 valence electrons. The van der Waals surface area contributed by atoms with Gasteiger partial charge in [-0.2, -0.15) is 0 Å². The average Bonchev–Trinajstić information content (AvgIpc) is 2.77. The topological polar surface area (TPSA) is 21.1 Å². The summed E-state index contributed by atoms with van der Waals surface area (Å²) in [7, 11) is 2.07. The van der Waals surface area contributed by atoms with E-state index in [1.54, 1.807) is 13.0 Å². The first-order valence-corrected chi connectivity index (χ1v) is 6.47. The lowest BCUT2D eigenvalue weighted by Gasteiger charge is -2.17. The van der Waals surface area contributed by atoms with E-state index in [1.165, 1.54) is 0 Å². The highest BCUT2D eigenvalue weighted by Crippen LogP contribution is 2.11. The minimum absolute atomic E-state index is 0.138. The molecule has 3 nitrogen and oxygen atoms in total. The Kier molecular flexibility index (Phi) is 4.32. The van der Waals surface area contributed by atoms with Crippen LogP contribution in [-0.2, 0) is 13.1 Å². The summed E-state index contributed by atoms with van der Waals surface area (Å²) in [6.45, 7) is 6.49. The van der Waals surface area contributed by atoms with Crippen LogP contribution in [0.25, 0.3) is 0 Å². The molecule has 19 heavy (non-hydrogen) atoms. The van der Waals surface area contributed by atoms with E-state index in [1.807, 2.05) is 31.5 Å². The van der Waals surface area contributed by atoms with Crippen molar-refractivity contribution < 1.29 is 4.39 Å². The van der Waals surface area contributed by atoms with E-state index in [0.717, 1.165) is 31.0 Å². The van der Waals surface area contributed by atoms with Gasteiger partial charge in [0.2, 0.25) is 0 Å². The van der Waals surface area contributed by atoms with Crippen molar-refractivity contribution in [3.63, 3.8) is 0 Å². The zero-order valence-corrected chi connectivity index (χ0v) is 11.7. The molecule has 0 aliphatic rings. The molecule has 0 radical (unpaired) electrons. The van der Waals surface area contributed by atoms with Crippen LogP contribution in [0.2, 0.25) is 0 Å². The standard InChI is InChI=1S/C15H20FN3/c1-12-10-14(4-5-15(12)16)11-18(3)8-9-19-7-6-17-13(19)2/h4-7,10H,8-9,11H2,1-3H3. The molecule has 0 N–H and O–H groups in total. The second-order valence-corrected chi connectivity index (χ2v) is 4.99. The lowest BCUT2D eigenvalue weighted by atomic mass is 10.1. The summed E-state index contributed by atoms with van der Waals surface area (Å²) in [5.41, 5.74) is 1.85. The van der Waals surface area contributed by atoms with Crippen LogP contribution in [-0.4, -0.2) is 28.0 Å². The molecule has 0 bridgehead atoms. The van der Waals surface area contributed by atoms with E-state index in [0.29, 0.717) is 5.56 Å². The zero-order valence-electron chi connectivity index (χ0n) is 11.7. The van der Waals surface area contributed by atoms with Crippen molar-refractivity contribution in [1.82, 2.24) is 14.5 Å². The molecule has 0 aliphatic carbocycles. The molecule has 4 heteroatoms. The van der Waals surface area contributed by atoms with Crippen molar-refractivity contribution in [3.8, 4) is 0 Å². The summed E-state index contributed by atoms with van der Waals surface area (Å²) in [6.07, 6.45) is 3.81. The zero-order chi connectivity index (χ0) is 13.8. The highest BCUT2D eigenvalue weighted by Gasteiger charge is 2.04. The van der Waals surface area contributed by atoms with Gasteiger partial charge in [-0.25, -0.2) is 9.37 Å². The molecule has 0 saturated carbocycles. The van der Waals surface area contributed by atoms with Gasteiger partial charge in [0.1, 0.15) is 11.6 Å². The molecule has 0 unspecified atom stereocenters. The van der Waals surface area contributed by atoms with Gasteiger partial charge in [-0.05, 0) is 38.1 Å². The Morgan fingerprint density at radius 3 is 2.74 bits per heavy atom. The molecule has 0 spiro atoms. The summed E-state index contributed by atoms with van der Waals surface area (Å²) in [5.74, 6) is 0.895. The number of imidazole rings is 1. The molecule has 0 amide bonds. The maximum Gasteiger partial charge on any atom is 0.126 e. The van der Waals surface area contributed by atoms with Crippen LogP contribution in [0.5, 0.6) is 0 Å². The van der Waals surface area contributed by atoms with Crippen molar-refractivity contribution in [3.05, 3.63) is 53.4 Å². The maximum atomic E-state index is 13.2. The number of rotatable bonds is 5. The Balaban J connectivity index is 1.88. The van der Waals surface area contributed by atoms with Crippen LogP contribution < -0.4 is 0 Å². The average molecular weight is 261 g/mol. The second kappa shape index (κ2) is 5.97. The van der Waals surface area contributed by atoms with Crippen LogP contribution in [0.15, 0.2) is 30.6 Å². The maximum absolute atomic E-state index is 13.2. The Labute approximate surface area is 113 Å². The molecule has 2 aromatic rings. The number of likely N-dealkylation sites (N-methyl/N-ethyl adjacent to an activating group) is 1. The minimum atomic E-state index is -0.138. The monoisotopic (exact) mass is 261 g/mol. The van der Waals surface area contributed by atoms with Gasteiger partial charge in [0, 0.05) is 32.0 Å². The van der Waals surface area contributed by atoms with E-state index in [-0.39, 0.29) is 5.82 Å². The fraction of sp³-hybridized carbons (Fsp3) is 0.400. The number of nitrogens with zero attached hydrogens (tertiary/aromatic N) is 3. The van der Waals surface area contributed by atoms with Gasteiger partial charge < -0.3 is 9.47 Å². The van der Waals surface area contributed by atoms with Gasteiger partial charge in [-0.15, -0.1) is 0 Å². The Morgan fingerprint density at radius 2 is 2.11 bits per heavy atom. The van der Waals surface area contributed by atoms with Gasteiger partial charge >= 0.3 is 0 Å². The van der Waals surface area contributed by atoms with Gasteiger partial charge in [-0.3, -0.25) is 0 Å². The molecule has 1 aromatic heterocycles. The molecule has 0 saturated heterocycles. The summed E-state index contributed by atoms with van der Waals surface area (Å²) in [5, 5.41) is 0. The molecule has 0 aliphatic heterocycles. The summed E-state index contributed by atoms with van der Waals surface area (Å²) >= 11 is 0. The first-order chi connectivity index (χ1) is 9.06. The van der Waals surface area contributed by atoms with E-state index < -0.39 is 0 Å². The molecular formula is C15H20FN3. The smallest absolute Gasteiger partial charge is 0.126 e. The van der Waals surface area contributed by atoms with Crippen molar-refractivity contribution in [1.29, 1.82) is 0 Å². The van der Waals surface area contributed by atoms with Crippen LogP contribution in [0.3, 0.4) is 0 Å². The molecule has 0 atom stereocenters. The number of aryl methyl sites for hydroxylation is 2. The largest absolute Gasteiger partial charge is 0.334 e. The quantitative estimate of drug-likeness (QED) is 0.825. The molecule has 2 rings (SSSR count). The second-order valence-electron chi connectivity index (χ2n) is 4.99. The minimum Gasteiger partial charge on any atom is -0.334 e. The predicted molar refractivity (Wildman–Crippen MR) is 74.4 cm³/mol. The summed E-state index contributed by atoms with van der Waals surface area (Å²) in [4.78, 5) is 6.43. The first kappa shape index (κ1) is 13.7. The third-order valence-corrected chi connectivity index (χ3v) is 3.32. The number of hydrogen-bond donors (Lipinski definition) is 0. The molecule has 1 aromatic carbocycles. The number of benzene rings is 1. The fourth-order valence-electron chi connectivity index (χ4n) is 2.11. The third kappa shape index (κ3) is 3.64. The van der Waals surface area contributed by atoms with Crippen molar-refractivity contribution in [2.24, 2.45) is 0 Å².